The van der Waals surface area contributed by atoms with E-state index in [0.29, 0.717) is 5.65 Å². The van der Waals surface area contributed by atoms with Gasteiger partial charge in [0.25, 0.3) is 0 Å². The molecule has 6 heteroatoms. The molecule has 1 saturated heterocycles. The average Bonchev–Trinajstić information content (AvgIpc) is 3.05. The lowest BCUT2D eigenvalue weighted by Crippen LogP contribution is -2.23. The molecule has 0 unspecified atom stereocenters. The summed E-state index contributed by atoms with van der Waals surface area (Å²) in [5, 5.41) is 17.4. The fourth-order valence-corrected chi connectivity index (χ4v) is 2.59. The highest BCUT2D eigenvalue weighted by atomic mass is 16.4. The van der Waals surface area contributed by atoms with Crippen molar-refractivity contribution in [2.45, 2.75) is 19.3 Å². The highest BCUT2D eigenvalue weighted by Gasteiger charge is 2.16. The Labute approximate surface area is 110 Å². The van der Waals surface area contributed by atoms with E-state index in [1.54, 1.807) is 22.6 Å². The first kappa shape index (κ1) is 12.1. The minimum Gasteiger partial charge on any atom is -0.477 e. The van der Waals surface area contributed by atoms with Crippen LogP contribution in [-0.2, 0) is 6.42 Å². The first-order valence-corrected chi connectivity index (χ1v) is 6.54. The molecule has 6 nitrogen and oxygen atoms in total. The third-order valence-electron chi connectivity index (χ3n) is 3.56. The lowest BCUT2D eigenvalue weighted by molar-refractivity contribution is 0.0688. The molecule has 0 spiro atoms. The number of likely N-dealkylation sites (tertiary alicyclic amines) is 1. The van der Waals surface area contributed by atoms with E-state index in [0.717, 1.165) is 31.9 Å². The molecule has 100 valence electrons. The van der Waals surface area contributed by atoms with Crippen molar-refractivity contribution in [3.8, 4) is 0 Å². The Bertz CT molecular complexity index is 602. The van der Waals surface area contributed by atoms with Crippen LogP contribution in [0.5, 0.6) is 0 Å². The van der Waals surface area contributed by atoms with Crippen LogP contribution >= 0.6 is 0 Å². The number of aromatic carboxylic acids is 1. The fourth-order valence-electron chi connectivity index (χ4n) is 2.59. The zero-order valence-corrected chi connectivity index (χ0v) is 10.6. The van der Waals surface area contributed by atoms with Crippen molar-refractivity contribution in [1.82, 2.24) is 19.5 Å². The zero-order valence-electron chi connectivity index (χ0n) is 10.6. The monoisotopic (exact) mass is 260 g/mol. The molecule has 19 heavy (non-hydrogen) atoms. The van der Waals surface area contributed by atoms with Crippen molar-refractivity contribution in [3.05, 3.63) is 29.7 Å². The number of pyridine rings is 1. The van der Waals surface area contributed by atoms with Crippen LogP contribution < -0.4 is 0 Å². The quantitative estimate of drug-likeness (QED) is 0.890. The molecule has 0 aromatic carbocycles. The number of carboxylic acids is 1. The second-order valence-electron chi connectivity index (χ2n) is 4.82. The van der Waals surface area contributed by atoms with Gasteiger partial charge in [-0.2, -0.15) is 0 Å². The fraction of sp³-hybridized carbons (Fsp3) is 0.462. The van der Waals surface area contributed by atoms with Gasteiger partial charge in [0, 0.05) is 13.0 Å². The lowest BCUT2D eigenvalue weighted by atomic mass is 10.3. The molecule has 0 bridgehead atoms. The summed E-state index contributed by atoms with van der Waals surface area (Å²) in [6, 6.07) is 5.05. The van der Waals surface area contributed by atoms with Gasteiger partial charge in [0.2, 0.25) is 0 Å². The minimum absolute atomic E-state index is 0.221. The SMILES string of the molecule is O=C(O)c1cccc2nnc(CCN3CCCC3)n12. The molecule has 3 rings (SSSR count). The first-order valence-electron chi connectivity index (χ1n) is 6.54. The number of hydrogen-bond acceptors (Lipinski definition) is 4. The van der Waals surface area contributed by atoms with Gasteiger partial charge in [-0.15, -0.1) is 10.2 Å². The summed E-state index contributed by atoms with van der Waals surface area (Å²) < 4.78 is 1.64. The molecule has 1 fully saturated rings. The molecule has 0 atom stereocenters. The molecule has 0 saturated carbocycles. The summed E-state index contributed by atoms with van der Waals surface area (Å²) in [5.74, 6) is -0.229. The highest BCUT2D eigenvalue weighted by molar-refractivity contribution is 5.86. The van der Waals surface area contributed by atoms with Crippen LogP contribution in [0.1, 0.15) is 29.2 Å². The number of hydrogen-bond donors (Lipinski definition) is 1. The Kier molecular flexibility index (Phi) is 3.16. The van der Waals surface area contributed by atoms with Crippen molar-refractivity contribution in [2.24, 2.45) is 0 Å². The van der Waals surface area contributed by atoms with Gasteiger partial charge >= 0.3 is 5.97 Å². The predicted molar refractivity (Wildman–Crippen MR) is 69.3 cm³/mol. The molecule has 0 radical (unpaired) electrons. The number of nitrogens with zero attached hydrogens (tertiary/aromatic N) is 4. The van der Waals surface area contributed by atoms with E-state index in [1.165, 1.54) is 12.8 Å². The van der Waals surface area contributed by atoms with Gasteiger partial charge in [0.05, 0.1) is 0 Å². The van der Waals surface area contributed by atoms with E-state index < -0.39 is 5.97 Å². The van der Waals surface area contributed by atoms with E-state index >= 15 is 0 Å². The summed E-state index contributed by atoms with van der Waals surface area (Å²) in [5.41, 5.74) is 0.815. The van der Waals surface area contributed by atoms with Crippen LogP contribution in [0, 0.1) is 0 Å². The topological polar surface area (TPSA) is 70.7 Å². The minimum atomic E-state index is -0.951. The molecular weight excluding hydrogens is 244 g/mol. The predicted octanol–water partition coefficient (Wildman–Crippen LogP) is 1.07. The maximum absolute atomic E-state index is 11.2. The number of carboxylic acid groups (broad SMARTS) is 1. The van der Waals surface area contributed by atoms with Crippen molar-refractivity contribution >= 4 is 11.6 Å². The Balaban J connectivity index is 1.88. The molecule has 2 aromatic heterocycles. The number of rotatable bonds is 4. The molecule has 0 amide bonds. The van der Waals surface area contributed by atoms with E-state index in [-0.39, 0.29) is 5.69 Å². The average molecular weight is 260 g/mol. The van der Waals surface area contributed by atoms with Crippen molar-refractivity contribution in [1.29, 1.82) is 0 Å². The molecule has 1 aliphatic heterocycles. The molecule has 3 heterocycles. The largest absolute Gasteiger partial charge is 0.477 e. The smallest absolute Gasteiger partial charge is 0.352 e. The second-order valence-corrected chi connectivity index (χ2v) is 4.82. The summed E-state index contributed by atoms with van der Waals surface area (Å²) in [4.78, 5) is 13.6. The van der Waals surface area contributed by atoms with Crippen LogP contribution in [0.4, 0.5) is 0 Å². The van der Waals surface area contributed by atoms with E-state index in [2.05, 4.69) is 15.1 Å². The van der Waals surface area contributed by atoms with Crippen LogP contribution in [0.15, 0.2) is 18.2 Å². The van der Waals surface area contributed by atoms with E-state index in [4.69, 9.17) is 0 Å². The summed E-state index contributed by atoms with van der Waals surface area (Å²) in [6.07, 6.45) is 3.23. The number of fused-ring (bicyclic) bond motifs is 1. The molecule has 1 N–H and O–H groups in total. The second kappa shape index (κ2) is 4.97. The zero-order chi connectivity index (χ0) is 13.2. The molecule has 1 aliphatic rings. The summed E-state index contributed by atoms with van der Waals surface area (Å²) in [6.45, 7) is 3.17. The van der Waals surface area contributed by atoms with Gasteiger partial charge in [0.15, 0.2) is 5.65 Å². The van der Waals surface area contributed by atoms with Gasteiger partial charge in [0.1, 0.15) is 11.5 Å². The maximum Gasteiger partial charge on any atom is 0.352 e. The normalized spacial score (nSPS) is 16.2. The van der Waals surface area contributed by atoms with Gasteiger partial charge in [-0.3, -0.25) is 4.40 Å². The van der Waals surface area contributed by atoms with Crippen LogP contribution in [0.3, 0.4) is 0 Å². The Morgan fingerprint density at radius 1 is 1.26 bits per heavy atom. The van der Waals surface area contributed by atoms with E-state index in [9.17, 15) is 9.90 Å². The van der Waals surface area contributed by atoms with Crippen LogP contribution in [-0.4, -0.2) is 50.2 Å². The Hall–Kier alpha value is -1.95. The van der Waals surface area contributed by atoms with Gasteiger partial charge in [-0.05, 0) is 38.1 Å². The molecule has 0 aliphatic carbocycles. The lowest BCUT2D eigenvalue weighted by Gasteiger charge is -2.13. The third kappa shape index (κ3) is 2.31. The number of carbonyl (C=O) groups is 1. The van der Waals surface area contributed by atoms with Gasteiger partial charge < -0.3 is 10.0 Å². The van der Waals surface area contributed by atoms with Crippen molar-refractivity contribution < 1.29 is 9.90 Å². The molecule has 2 aromatic rings. The summed E-state index contributed by atoms with van der Waals surface area (Å²) in [7, 11) is 0. The van der Waals surface area contributed by atoms with Gasteiger partial charge in [-0.1, -0.05) is 6.07 Å². The third-order valence-corrected chi connectivity index (χ3v) is 3.56. The Morgan fingerprint density at radius 3 is 2.79 bits per heavy atom. The van der Waals surface area contributed by atoms with Crippen molar-refractivity contribution in [2.75, 3.05) is 19.6 Å². The standard InChI is InChI=1S/C13H16N4O2/c18-13(19)10-4-3-5-11-14-15-12(17(10)11)6-9-16-7-1-2-8-16/h3-5H,1-2,6-9H2,(H,18,19). The van der Waals surface area contributed by atoms with E-state index in [1.807, 2.05) is 0 Å². The molecular formula is C13H16N4O2. The van der Waals surface area contributed by atoms with Crippen LogP contribution in [0.25, 0.3) is 5.65 Å². The number of aromatic nitrogens is 3. The Morgan fingerprint density at radius 2 is 2.05 bits per heavy atom. The summed E-state index contributed by atoms with van der Waals surface area (Å²) >= 11 is 0. The first-order chi connectivity index (χ1) is 9.25. The van der Waals surface area contributed by atoms with Crippen molar-refractivity contribution in [3.63, 3.8) is 0 Å². The van der Waals surface area contributed by atoms with Gasteiger partial charge in [-0.25, -0.2) is 4.79 Å². The van der Waals surface area contributed by atoms with Crippen LogP contribution in [0.2, 0.25) is 0 Å². The highest BCUT2D eigenvalue weighted by Crippen LogP contribution is 2.12. The maximum atomic E-state index is 11.2.